The first-order valence-corrected chi connectivity index (χ1v) is 23.5. The van der Waals surface area contributed by atoms with E-state index in [4.69, 9.17) is 29.1 Å². The summed E-state index contributed by atoms with van der Waals surface area (Å²) in [4.78, 5) is 0. The maximum Gasteiger partial charge on any atom is 0.260 e. The second-order valence-corrected chi connectivity index (χ2v) is 18.4. The molecule has 3 aromatic heterocycles. The zero-order chi connectivity index (χ0) is 46.0. The first-order chi connectivity index (χ1) is 34.5. The Bertz CT molecular complexity index is 3930. The molecule has 9 nitrogen and oxygen atoms in total. The van der Waals surface area contributed by atoms with Crippen LogP contribution in [0.2, 0.25) is 0 Å². The Hall–Kier alpha value is -9.21. The van der Waals surface area contributed by atoms with Crippen molar-refractivity contribution >= 4 is 46.2 Å². The molecule has 7 heterocycles. The third-order valence-electron chi connectivity index (χ3n) is 14.3. The molecule has 0 fully saturated rings. The summed E-state index contributed by atoms with van der Waals surface area (Å²) in [5.41, 5.74) is 17.0. The highest BCUT2D eigenvalue weighted by Gasteiger charge is 2.42. The van der Waals surface area contributed by atoms with Crippen molar-refractivity contribution < 1.29 is 18.9 Å². The number of nitrogens with zero attached hydrogens (tertiary/aromatic N) is 5. The molecule has 0 saturated heterocycles. The van der Waals surface area contributed by atoms with Crippen molar-refractivity contribution in [3.8, 4) is 102 Å². The Morgan fingerprint density at radius 2 is 0.771 bits per heavy atom. The average molecular weight is 902 g/mol. The van der Waals surface area contributed by atoms with E-state index in [0.29, 0.717) is 0 Å². The topological polar surface area (TPSA) is 77.5 Å². The zero-order valence-corrected chi connectivity index (χ0v) is 37.7. The summed E-state index contributed by atoms with van der Waals surface area (Å²) in [5.74, 6) is 6.52. The lowest BCUT2D eigenvalue weighted by molar-refractivity contribution is 0.464. The van der Waals surface area contributed by atoms with Gasteiger partial charge in [0.15, 0.2) is 0 Å². The van der Waals surface area contributed by atoms with Gasteiger partial charge >= 0.3 is 0 Å². The number of aromatic nitrogens is 5. The van der Waals surface area contributed by atoms with E-state index in [-0.39, 0.29) is 13.4 Å². The van der Waals surface area contributed by atoms with E-state index >= 15 is 0 Å². The quantitative estimate of drug-likeness (QED) is 0.155. The van der Waals surface area contributed by atoms with Crippen LogP contribution in [-0.2, 0) is 7.05 Å². The molecule has 0 aliphatic carbocycles. The molecule has 70 heavy (non-hydrogen) atoms. The molecule has 0 amide bonds. The third kappa shape index (κ3) is 6.01. The molecular weight excluding hydrogens is 864 g/mol. The highest BCUT2D eigenvalue weighted by Crippen LogP contribution is 2.39. The van der Waals surface area contributed by atoms with Crippen molar-refractivity contribution in [1.82, 2.24) is 24.1 Å². The van der Waals surface area contributed by atoms with Gasteiger partial charge in [-0.15, -0.1) is 0 Å². The predicted octanol–water partition coefficient (Wildman–Crippen LogP) is 9.52. The second-order valence-electron chi connectivity index (χ2n) is 18.4. The molecule has 11 heteroatoms. The van der Waals surface area contributed by atoms with Gasteiger partial charge in [0.2, 0.25) is 0 Å². The highest BCUT2D eigenvalue weighted by atomic mass is 16.5. The van der Waals surface area contributed by atoms with Crippen LogP contribution in [0, 0.1) is 0 Å². The first-order valence-electron chi connectivity index (χ1n) is 23.5. The molecule has 8 aromatic carbocycles. The Morgan fingerprint density at radius 1 is 0.343 bits per heavy atom. The van der Waals surface area contributed by atoms with E-state index in [9.17, 15) is 0 Å². The van der Waals surface area contributed by atoms with Crippen LogP contribution in [-0.4, -0.2) is 37.6 Å². The number of aryl methyl sites for hydroxylation is 1. The van der Waals surface area contributed by atoms with Crippen LogP contribution < -0.4 is 51.7 Å². The zero-order valence-electron chi connectivity index (χ0n) is 37.7. The summed E-state index contributed by atoms with van der Waals surface area (Å²) < 4.78 is 32.6. The van der Waals surface area contributed by atoms with Crippen LogP contribution in [0.5, 0.6) is 46.0 Å². The molecule has 0 N–H and O–H groups in total. The molecule has 15 rings (SSSR count). The van der Waals surface area contributed by atoms with E-state index in [1.165, 1.54) is 0 Å². The maximum absolute atomic E-state index is 6.66. The van der Waals surface area contributed by atoms with Crippen molar-refractivity contribution in [2.24, 2.45) is 7.05 Å². The molecule has 0 radical (unpaired) electrons. The third-order valence-corrected chi connectivity index (χ3v) is 14.3. The van der Waals surface area contributed by atoms with Crippen LogP contribution in [0.15, 0.2) is 207 Å². The van der Waals surface area contributed by atoms with Crippen molar-refractivity contribution in [3.05, 3.63) is 207 Å². The Kier molecular flexibility index (Phi) is 8.27. The minimum Gasteiger partial charge on any atom is -0.458 e. The lowest BCUT2D eigenvalue weighted by atomic mass is 9.34. The van der Waals surface area contributed by atoms with E-state index in [1.807, 2.05) is 94.6 Å². The molecule has 0 saturated carbocycles. The van der Waals surface area contributed by atoms with Gasteiger partial charge in [-0.25, -0.2) is 9.36 Å². The van der Waals surface area contributed by atoms with E-state index in [2.05, 4.69) is 133 Å². The number of hydrogen-bond acceptors (Lipinski definition) is 6. The van der Waals surface area contributed by atoms with Crippen molar-refractivity contribution in [2.75, 3.05) is 0 Å². The molecule has 0 bridgehead atoms. The van der Waals surface area contributed by atoms with Crippen molar-refractivity contribution in [2.45, 2.75) is 0 Å². The van der Waals surface area contributed by atoms with E-state index in [1.54, 1.807) is 0 Å². The molecule has 0 unspecified atom stereocenters. The summed E-state index contributed by atoms with van der Waals surface area (Å²) in [7, 11) is 2.12. The summed E-state index contributed by atoms with van der Waals surface area (Å²) in [5, 5.41) is 9.58. The number of hydrogen-bond donors (Lipinski definition) is 0. The van der Waals surface area contributed by atoms with Gasteiger partial charge in [0, 0.05) is 53.4 Å². The van der Waals surface area contributed by atoms with E-state index < -0.39 is 0 Å². The van der Waals surface area contributed by atoms with Crippen molar-refractivity contribution in [1.29, 1.82) is 0 Å². The van der Waals surface area contributed by atoms with Gasteiger partial charge in [-0.2, -0.15) is 10.2 Å². The summed E-state index contributed by atoms with van der Waals surface area (Å²) in [6.07, 6.45) is 10.2. The SMILES string of the molecule is Cn1cc(-c2ccc3c(c2)B2c4cc(-n5cc(-c6ccccc6)cn5)ccc4Oc4cccc(c42)O3)cc1-c1ccc2c(c1)B1c3cc(-n4cc(-c5ccccc5)cn4)ccc3Oc3cccc(c31)O2. The maximum atomic E-state index is 6.66. The minimum atomic E-state index is -0.127. The van der Waals surface area contributed by atoms with Gasteiger partial charge in [-0.3, -0.25) is 0 Å². The average Bonchev–Trinajstić information content (AvgIpc) is 4.20. The fourth-order valence-electron chi connectivity index (χ4n) is 11.0. The van der Waals surface area contributed by atoms with Crippen LogP contribution in [0.3, 0.4) is 0 Å². The monoisotopic (exact) mass is 901 g/mol. The molecule has 328 valence electrons. The summed E-state index contributed by atoms with van der Waals surface area (Å²) in [6, 6.07) is 60.9. The van der Waals surface area contributed by atoms with Crippen molar-refractivity contribution in [3.63, 3.8) is 0 Å². The Labute approximate surface area is 403 Å². The molecule has 0 atom stereocenters. The normalized spacial score (nSPS) is 13.0. The lowest BCUT2D eigenvalue weighted by Gasteiger charge is -2.33. The smallest absolute Gasteiger partial charge is 0.260 e. The number of benzene rings is 8. The molecule has 4 aliphatic heterocycles. The van der Waals surface area contributed by atoms with Gasteiger partial charge in [-0.05, 0) is 135 Å². The summed E-state index contributed by atoms with van der Waals surface area (Å²) in [6.45, 7) is -0.251. The standard InChI is InChI=1S/C59H37B2N5O4/c1-64-33-40(38-18-22-50-45(26-38)60-47-29-43(65-34-41(31-62-65)36-10-4-2-5-11-36)20-24-52(47)69-56-16-8-14-54(67-50)58(56)60)28-49(64)39-19-23-51-46(27-39)61-48-30-44(66-35-42(32-63-66)37-12-6-3-7-13-37)21-25-53(48)70-57-17-9-15-55(68-51)59(57)61/h2-35H,1H3. The molecular formula is C59H37B2N5O4. The number of rotatable bonds is 6. The van der Waals surface area contributed by atoms with Crippen LogP contribution in [0.4, 0.5) is 0 Å². The fourth-order valence-corrected chi connectivity index (χ4v) is 11.0. The van der Waals surface area contributed by atoms with Gasteiger partial charge in [0.1, 0.15) is 46.0 Å². The van der Waals surface area contributed by atoms with Gasteiger partial charge < -0.3 is 23.5 Å². The van der Waals surface area contributed by atoms with Crippen LogP contribution in [0.25, 0.3) is 56.0 Å². The Morgan fingerprint density at radius 3 is 1.26 bits per heavy atom. The number of ether oxygens (including phenoxy) is 4. The van der Waals surface area contributed by atoms with E-state index in [0.717, 1.165) is 135 Å². The predicted molar refractivity (Wildman–Crippen MR) is 277 cm³/mol. The van der Waals surface area contributed by atoms with Gasteiger partial charge in [0.05, 0.1) is 23.8 Å². The first kappa shape index (κ1) is 38.9. The minimum absolute atomic E-state index is 0.124. The molecule has 4 aliphatic rings. The highest BCUT2D eigenvalue weighted by molar-refractivity contribution is 6.99. The lowest BCUT2D eigenvalue weighted by Crippen LogP contribution is -2.57. The van der Waals surface area contributed by atoms with Crippen LogP contribution in [0.1, 0.15) is 0 Å². The largest absolute Gasteiger partial charge is 0.458 e. The summed E-state index contributed by atoms with van der Waals surface area (Å²) >= 11 is 0. The van der Waals surface area contributed by atoms with Crippen LogP contribution >= 0.6 is 0 Å². The van der Waals surface area contributed by atoms with Gasteiger partial charge in [0.25, 0.3) is 13.4 Å². The molecule has 0 spiro atoms. The Balaban J connectivity index is 0.799. The second kappa shape index (κ2) is 14.9. The fraction of sp³-hybridized carbons (Fsp3) is 0.0169. The molecule has 11 aromatic rings. The van der Waals surface area contributed by atoms with Gasteiger partial charge in [-0.1, -0.05) is 91.0 Å². The number of fused-ring (bicyclic) bond motifs is 8.